The highest BCUT2D eigenvalue weighted by Gasteiger charge is 2.20. The van der Waals surface area contributed by atoms with E-state index in [2.05, 4.69) is 14.2 Å². The van der Waals surface area contributed by atoms with E-state index >= 15 is 0 Å². The van der Waals surface area contributed by atoms with Gasteiger partial charge in [0.05, 0.1) is 7.11 Å². The van der Waals surface area contributed by atoms with Crippen LogP contribution in [0.2, 0.25) is 0 Å². The lowest BCUT2D eigenvalue weighted by Crippen LogP contribution is -2.26. The number of ether oxygens (including phenoxy) is 3. The summed E-state index contributed by atoms with van der Waals surface area (Å²) in [5, 5.41) is 0. The maximum absolute atomic E-state index is 10.7. The Morgan fingerprint density at radius 2 is 1.58 bits per heavy atom. The summed E-state index contributed by atoms with van der Waals surface area (Å²) in [7, 11) is 1.10. The van der Waals surface area contributed by atoms with Crippen molar-refractivity contribution >= 4 is 12.3 Å². The Labute approximate surface area is 70.6 Å². The van der Waals surface area contributed by atoms with Crippen molar-refractivity contribution in [2.75, 3.05) is 7.11 Å². The molecule has 12 heavy (non-hydrogen) atoms. The lowest BCUT2D eigenvalue weighted by Gasteiger charge is -2.17. The van der Waals surface area contributed by atoms with Crippen molar-refractivity contribution in [3.8, 4) is 0 Å². The third kappa shape index (κ3) is 5.52. The van der Waals surface area contributed by atoms with Crippen LogP contribution in [0.4, 0.5) is 9.59 Å². The molecule has 0 N–H and O–H groups in total. The summed E-state index contributed by atoms with van der Waals surface area (Å²) in [5.74, 6) is 0. The van der Waals surface area contributed by atoms with Gasteiger partial charge >= 0.3 is 12.3 Å². The second-order valence-electron chi connectivity index (χ2n) is 3.02. The smallest absolute Gasteiger partial charge is 0.437 e. The van der Waals surface area contributed by atoms with Gasteiger partial charge < -0.3 is 14.2 Å². The third-order valence-electron chi connectivity index (χ3n) is 0.723. The second kappa shape index (κ2) is 3.94. The first kappa shape index (κ1) is 10.7. The van der Waals surface area contributed by atoms with Crippen molar-refractivity contribution in [3.63, 3.8) is 0 Å². The van der Waals surface area contributed by atoms with Crippen LogP contribution in [0.3, 0.4) is 0 Å². The highest BCUT2D eigenvalue weighted by molar-refractivity contribution is 5.76. The monoisotopic (exact) mass is 176 g/mol. The van der Waals surface area contributed by atoms with Crippen molar-refractivity contribution in [1.82, 2.24) is 0 Å². The number of carbonyl (C=O) groups is 2. The van der Waals surface area contributed by atoms with Gasteiger partial charge in [-0.25, -0.2) is 9.59 Å². The second-order valence-corrected chi connectivity index (χ2v) is 3.02. The zero-order valence-electron chi connectivity index (χ0n) is 7.54. The lowest BCUT2D eigenvalue weighted by molar-refractivity contribution is -0.00380. The predicted molar refractivity (Wildman–Crippen MR) is 39.7 cm³/mol. The van der Waals surface area contributed by atoms with Crippen LogP contribution >= 0.6 is 0 Å². The quantitative estimate of drug-likeness (QED) is 0.415. The third-order valence-corrected chi connectivity index (χ3v) is 0.723. The van der Waals surface area contributed by atoms with Crippen LogP contribution in [-0.2, 0) is 14.2 Å². The zero-order valence-corrected chi connectivity index (χ0v) is 7.54. The van der Waals surface area contributed by atoms with Crippen molar-refractivity contribution in [3.05, 3.63) is 0 Å². The Kier molecular flexibility index (Phi) is 3.53. The lowest BCUT2D eigenvalue weighted by atomic mass is 10.2. The number of methoxy groups -OCH3 is 1. The number of rotatable bonds is 0. The van der Waals surface area contributed by atoms with Crippen LogP contribution in [0.25, 0.3) is 0 Å². The van der Waals surface area contributed by atoms with E-state index in [0.717, 1.165) is 7.11 Å². The first-order valence-corrected chi connectivity index (χ1v) is 3.34. The molecule has 0 atom stereocenters. The SMILES string of the molecule is COC(=O)OC(=O)OC(C)(C)C. The normalized spacial score (nSPS) is 10.3. The first-order chi connectivity index (χ1) is 5.35. The molecule has 0 saturated heterocycles. The Hall–Kier alpha value is -1.26. The summed E-state index contributed by atoms with van der Waals surface area (Å²) >= 11 is 0. The van der Waals surface area contributed by atoms with Crippen LogP contribution in [0.5, 0.6) is 0 Å². The van der Waals surface area contributed by atoms with Crippen molar-refractivity contribution < 1.29 is 23.8 Å². The molecule has 0 rings (SSSR count). The minimum absolute atomic E-state index is 0.675. The van der Waals surface area contributed by atoms with Gasteiger partial charge in [0, 0.05) is 0 Å². The van der Waals surface area contributed by atoms with Crippen molar-refractivity contribution in [2.24, 2.45) is 0 Å². The van der Waals surface area contributed by atoms with Crippen LogP contribution in [0, 0.1) is 0 Å². The molecule has 0 aromatic carbocycles. The molecule has 0 aliphatic rings. The van der Waals surface area contributed by atoms with Gasteiger partial charge in [0.1, 0.15) is 5.60 Å². The van der Waals surface area contributed by atoms with Crippen molar-refractivity contribution in [1.29, 1.82) is 0 Å². The van der Waals surface area contributed by atoms with Gasteiger partial charge in [0.25, 0.3) is 0 Å². The molecule has 0 aliphatic carbocycles. The minimum Gasteiger partial charge on any atom is -0.437 e. The minimum atomic E-state index is -1.08. The maximum atomic E-state index is 10.7. The van der Waals surface area contributed by atoms with E-state index in [9.17, 15) is 9.59 Å². The summed E-state index contributed by atoms with van der Waals surface area (Å²) in [5.41, 5.74) is -0.675. The fraction of sp³-hybridized carbons (Fsp3) is 0.714. The Balaban J connectivity index is 3.83. The fourth-order valence-corrected chi connectivity index (χ4v) is 0.381. The molecule has 0 aliphatic heterocycles. The first-order valence-electron chi connectivity index (χ1n) is 3.34. The molecule has 0 heterocycles. The molecule has 0 fully saturated rings. The summed E-state index contributed by atoms with van der Waals surface area (Å²) in [6.07, 6.45) is -2.14. The fourth-order valence-electron chi connectivity index (χ4n) is 0.381. The van der Waals surface area contributed by atoms with Gasteiger partial charge in [-0.05, 0) is 20.8 Å². The van der Waals surface area contributed by atoms with E-state index in [1.54, 1.807) is 20.8 Å². The molecule has 0 radical (unpaired) electrons. The van der Waals surface area contributed by atoms with Crippen LogP contribution in [0.15, 0.2) is 0 Å². The molecular weight excluding hydrogens is 164 g/mol. The highest BCUT2D eigenvalue weighted by atomic mass is 16.8. The molecule has 0 unspecified atom stereocenters. The molecule has 0 saturated carbocycles. The zero-order chi connectivity index (χ0) is 9.78. The van der Waals surface area contributed by atoms with E-state index in [1.165, 1.54) is 0 Å². The average Bonchev–Trinajstić information content (AvgIpc) is 1.82. The van der Waals surface area contributed by atoms with Crippen LogP contribution < -0.4 is 0 Å². The summed E-state index contributed by atoms with van der Waals surface area (Å²) < 4.78 is 12.8. The summed E-state index contributed by atoms with van der Waals surface area (Å²) in [6, 6.07) is 0. The number of carbonyl (C=O) groups excluding carboxylic acids is 2. The molecule has 0 aromatic rings. The van der Waals surface area contributed by atoms with E-state index in [1.807, 2.05) is 0 Å². The van der Waals surface area contributed by atoms with E-state index < -0.39 is 17.9 Å². The van der Waals surface area contributed by atoms with E-state index in [4.69, 9.17) is 0 Å². The maximum Gasteiger partial charge on any atom is 0.519 e. The van der Waals surface area contributed by atoms with E-state index in [-0.39, 0.29) is 0 Å². The molecule has 5 heteroatoms. The highest BCUT2D eigenvalue weighted by Crippen LogP contribution is 2.08. The predicted octanol–water partition coefficient (Wildman–Crippen LogP) is 1.70. The Bertz CT molecular complexity index is 179. The number of hydrogen-bond acceptors (Lipinski definition) is 5. The summed E-state index contributed by atoms with van der Waals surface area (Å²) in [6.45, 7) is 4.97. The van der Waals surface area contributed by atoms with Gasteiger partial charge in [0.15, 0.2) is 0 Å². The molecule has 0 aromatic heterocycles. The van der Waals surface area contributed by atoms with Crippen molar-refractivity contribution in [2.45, 2.75) is 26.4 Å². The molecule has 0 bridgehead atoms. The van der Waals surface area contributed by atoms with Crippen LogP contribution in [0.1, 0.15) is 20.8 Å². The molecule has 70 valence electrons. The molecule has 0 spiro atoms. The largest absolute Gasteiger partial charge is 0.519 e. The molecular formula is C7H12O5. The Morgan fingerprint density at radius 3 is 1.92 bits per heavy atom. The molecule has 5 nitrogen and oxygen atoms in total. The number of hydrogen-bond donors (Lipinski definition) is 0. The van der Waals surface area contributed by atoms with Gasteiger partial charge in [-0.3, -0.25) is 0 Å². The Morgan fingerprint density at radius 1 is 1.08 bits per heavy atom. The van der Waals surface area contributed by atoms with Gasteiger partial charge in [-0.1, -0.05) is 0 Å². The van der Waals surface area contributed by atoms with Gasteiger partial charge in [-0.15, -0.1) is 0 Å². The standard InChI is InChI=1S/C7H12O5/c1-7(2,3)12-6(9)11-5(8)10-4/h1-4H3. The van der Waals surface area contributed by atoms with Crippen LogP contribution in [-0.4, -0.2) is 25.0 Å². The molecule has 0 amide bonds. The average molecular weight is 176 g/mol. The summed E-state index contributed by atoms with van der Waals surface area (Å²) in [4.78, 5) is 21.0. The van der Waals surface area contributed by atoms with Gasteiger partial charge in [0.2, 0.25) is 0 Å². The topological polar surface area (TPSA) is 61.8 Å². The van der Waals surface area contributed by atoms with E-state index in [0.29, 0.717) is 0 Å². The van der Waals surface area contributed by atoms with Gasteiger partial charge in [-0.2, -0.15) is 0 Å².